The highest BCUT2D eigenvalue weighted by Gasteiger charge is 2.17. The van der Waals surface area contributed by atoms with Crippen LogP contribution in [0.1, 0.15) is 70.4 Å². The van der Waals surface area contributed by atoms with E-state index in [1.54, 1.807) is 66.7 Å². The predicted octanol–water partition coefficient (Wildman–Crippen LogP) is 7.80. The maximum atomic E-state index is 13.3. The zero-order valence-electron chi connectivity index (χ0n) is 34.8. The largest absolute Gasteiger partial charge is 0.502 e. The number of hydrogen-bond acceptors (Lipinski definition) is 16. The minimum atomic E-state index is -0.715. The number of aromatic amines is 1. The molecule has 334 valence electrons. The van der Waals surface area contributed by atoms with Crippen LogP contribution in [-0.2, 0) is 30.2 Å². The van der Waals surface area contributed by atoms with Gasteiger partial charge in [-0.05, 0) is 105 Å². The average molecular weight is 878 g/mol. The van der Waals surface area contributed by atoms with Crippen LogP contribution in [0.2, 0.25) is 0 Å². The second-order valence-corrected chi connectivity index (χ2v) is 13.8. The highest BCUT2D eigenvalue weighted by molar-refractivity contribution is 5.93. The fourth-order valence-corrected chi connectivity index (χ4v) is 5.83. The first-order chi connectivity index (χ1) is 31.0. The highest BCUT2D eigenvalue weighted by Crippen LogP contribution is 2.31. The van der Waals surface area contributed by atoms with Gasteiger partial charge in [0, 0.05) is 36.3 Å². The third kappa shape index (κ3) is 14.9. The second-order valence-electron chi connectivity index (χ2n) is 13.8. The Labute approximate surface area is 367 Å². The predicted molar refractivity (Wildman–Crippen MR) is 235 cm³/mol. The first kappa shape index (κ1) is 47.0. The number of esters is 4. The standard InChI is InChI=1S/C46H47N5O13/c1-3-42(53)61-24-9-5-7-22-59-35-16-12-32(13-17-35)44(55)63-26-21-31-11-20-41(34(27-31)30-47-50-46-48-37-28-39(51(57)58)40(52)29-38(37)49-46)64-45(56)33-14-18-36(19-15-33)60-23-8-6-10-25-62-43(54)4-2/h3-4,11-20,27-30,52H,1-2,5-10,21-26H2,(H2,48,49,50)/b47-30+. The second kappa shape index (κ2) is 24.4. The van der Waals surface area contributed by atoms with Crippen molar-refractivity contribution in [3.8, 4) is 23.0 Å². The zero-order valence-corrected chi connectivity index (χ0v) is 34.8. The molecular formula is C46H47N5O13. The molecule has 0 aliphatic carbocycles. The molecule has 0 aliphatic heterocycles. The number of phenols is 1. The van der Waals surface area contributed by atoms with E-state index in [0.717, 1.165) is 55.5 Å². The lowest BCUT2D eigenvalue weighted by Gasteiger charge is -2.11. The number of benzene rings is 4. The van der Waals surface area contributed by atoms with E-state index in [-0.39, 0.29) is 34.9 Å². The van der Waals surface area contributed by atoms with Gasteiger partial charge in [-0.3, -0.25) is 10.1 Å². The first-order valence-electron chi connectivity index (χ1n) is 20.3. The van der Waals surface area contributed by atoms with Gasteiger partial charge >= 0.3 is 29.6 Å². The summed E-state index contributed by atoms with van der Waals surface area (Å²) in [6.45, 7) is 8.28. The van der Waals surface area contributed by atoms with Gasteiger partial charge in [0.1, 0.15) is 17.2 Å². The maximum absolute atomic E-state index is 13.3. The maximum Gasteiger partial charge on any atom is 0.343 e. The van der Waals surface area contributed by atoms with Gasteiger partial charge < -0.3 is 38.5 Å². The van der Waals surface area contributed by atoms with Crippen molar-refractivity contribution in [2.75, 3.05) is 38.5 Å². The summed E-state index contributed by atoms with van der Waals surface area (Å²) in [4.78, 5) is 66.0. The normalized spacial score (nSPS) is 10.8. The van der Waals surface area contributed by atoms with Gasteiger partial charge in [-0.1, -0.05) is 19.2 Å². The van der Waals surface area contributed by atoms with Crippen LogP contribution in [0.5, 0.6) is 23.0 Å². The molecule has 0 unspecified atom stereocenters. The van der Waals surface area contributed by atoms with Crippen molar-refractivity contribution in [3.63, 3.8) is 0 Å². The van der Waals surface area contributed by atoms with Crippen LogP contribution in [0.3, 0.4) is 0 Å². The molecule has 18 nitrogen and oxygen atoms in total. The molecule has 0 amide bonds. The van der Waals surface area contributed by atoms with Crippen LogP contribution in [0, 0.1) is 10.1 Å². The van der Waals surface area contributed by atoms with Gasteiger partial charge in [-0.2, -0.15) is 5.10 Å². The molecule has 1 aromatic heterocycles. The van der Waals surface area contributed by atoms with Gasteiger partial charge in [0.25, 0.3) is 0 Å². The van der Waals surface area contributed by atoms with Crippen molar-refractivity contribution < 1.29 is 57.6 Å². The third-order valence-electron chi connectivity index (χ3n) is 9.17. The molecule has 3 N–H and O–H groups in total. The summed E-state index contributed by atoms with van der Waals surface area (Å²) >= 11 is 0. The summed E-state index contributed by atoms with van der Waals surface area (Å²) in [6, 6.07) is 20.4. The van der Waals surface area contributed by atoms with Gasteiger partial charge in [-0.15, -0.1) is 0 Å². The molecule has 5 rings (SSSR count). The molecule has 18 heteroatoms. The number of imidazole rings is 1. The lowest BCUT2D eigenvalue weighted by molar-refractivity contribution is -0.385. The SMILES string of the molecule is C=CC(=O)OCCCCCOc1ccc(C(=O)OCCc2ccc(OC(=O)c3ccc(OCCCCCOC(=O)C=C)cc3)c(/C=N/Nc3nc4cc(O)c([N+](=O)[O-])cc4[nH]3)c2)cc1. The van der Waals surface area contributed by atoms with Crippen molar-refractivity contribution in [1.29, 1.82) is 0 Å². The number of ether oxygens (including phenoxy) is 6. The van der Waals surface area contributed by atoms with Crippen LogP contribution in [0.4, 0.5) is 11.6 Å². The number of hydrazone groups is 1. The number of nitrogens with one attached hydrogen (secondary N) is 2. The number of fused-ring (bicyclic) bond motifs is 1. The molecular weight excluding hydrogens is 831 g/mol. The number of H-pyrrole nitrogens is 1. The number of phenolic OH excluding ortho intramolecular Hbond substituents is 1. The number of rotatable bonds is 26. The highest BCUT2D eigenvalue weighted by atomic mass is 16.6. The Hall–Kier alpha value is -8.02. The Morgan fingerprint density at radius 1 is 0.734 bits per heavy atom. The molecule has 0 aliphatic rings. The summed E-state index contributed by atoms with van der Waals surface area (Å²) in [5.74, 6) is -1.18. The minimum Gasteiger partial charge on any atom is -0.502 e. The van der Waals surface area contributed by atoms with Crippen LogP contribution >= 0.6 is 0 Å². The van der Waals surface area contributed by atoms with Crippen LogP contribution in [0.25, 0.3) is 11.0 Å². The topological polar surface area (TPSA) is 240 Å². The number of aromatic hydroxyl groups is 1. The van der Waals surface area contributed by atoms with Crippen LogP contribution in [0.15, 0.2) is 109 Å². The Kier molecular flexibility index (Phi) is 18.0. The number of unbranched alkanes of at least 4 members (excludes halogenated alkanes) is 4. The molecule has 0 bridgehead atoms. The van der Waals surface area contributed by atoms with Crippen molar-refractivity contribution in [2.45, 2.75) is 44.9 Å². The van der Waals surface area contributed by atoms with Crippen molar-refractivity contribution >= 4 is 52.8 Å². The number of nitro groups is 1. The number of hydrogen-bond donors (Lipinski definition) is 3. The van der Waals surface area contributed by atoms with Gasteiger partial charge in [0.2, 0.25) is 5.95 Å². The smallest absolute Gasteiger partial charge is 0.343 e. The average Bonchev–Trinajstić information content (AvgIpc) is 3.70. The number of nitrogens with zero attached hydrogens (tertiary/aromatic N) is 3. The van der Waals surface area contributed by atoms with Gasteiger partial charge in [0.05, 0.1) is 66.3 Å². The van der Waals surface area contributed by atoms with Crippen molar-refractivity contribution in [3.05, 3.63) is 137 Å². The van der Waals surface area contributed by atoms with E-state index in [1.807, 2.05) is 0 Å². The summed E-state index contributed by atoms with van der Waals surface area (Å²) in [5.41, 5.74) is 4.46. The van der Waals surface area contributed by atoms with Crippen LogP contribution < -0.4 is 19.6 Å². The third-order valence-corrected chi connectivity index (χ3v) is 9.17. The molecule has 5 aromatic rings. The fourth-order valence-electron chi connectivity index (χ4n) is 5.83. The van der Waals surface area contributed by atoms with E-state index >= 15 is 0 Å². The minimum absolute atomic E-state index is 0.0324. The van der Waals surface area contributed by atoms with E-state index in [9.17, 15) is 34.4 Å². The van der Waals surface area contributed by atoms with E-state index in [0.29, 0.717) is 68.3 Å². The van der Waals surface area contributed by atoms with E-state index < -0.39 is 40.2 Å². The summed E-state index contributed by atoms with van der Waals surface area (Å²) < 4.78 is 32.8. The Balaban J connectivity index is 1.17. The number of nitro benzene ring substituents is 1. The molecule has 64 heavy (non-hydrogen) atoms. The number of carbonyl (C=O) groups excluding carboxylic acids is 4. The fraction of sp³-hybridized carbons (Fsp3) is 0.261. The quantitative estimate of drug-likeness (QED) is 0.00702. The summed E-state index contributed by atoms with van der Waals surface area (Å²) in [5, 5.41) is 25.5. The molecule has 4 aromatic carbocycles. The lowest BCUT2D eigenvalue weighted by Crippen LogP contribution is -2.11. The number of aromatic nitrogens is 2. The Morgan fingerprint density at radius 3 is 1.89 bits per heavy atom. The molecule has 0 radical (unpaired) electrons. The molecule has 0 saturated carbocycles. The van der Waals surface area contributed by atoms with Gasteiger partial charge in [0.15, 0.2) is 5.75 Å². The van der Waals surface area contributed by atoms with Gasteiger partial charge in [-0.25, -0.2) is 29.6 Å². The number of anilines is 1. The van der Waals surface area contributed by atoms with E-state index in [1.165, 1.54) is 6.21 Å². The molecule has 0 fully saturated rings. The molecule has 0 spiro atoms. The molecule has 1 heterocycles. The summed E-state index contributed by atoms with van der Waals surface area (Å²) in [6.07, 6.45) is 8.44. The molecule has 0 saturated heterocycles. The van der Waals surface area contributed by atoms with E-state index in [2.05, 4.69) is 33.7 Å². The van der Waals surface area contributed by atoms with Crippen molar-refractivity contribution in [1.82, 2.24) is 9.97 Å². The monoisotopic (exact) mass is 877 g/mol. The Bertz CT molecular complexity index is 2450. The first-order valence-corrected chi connectivity index (χ1v) is 20.3. The van der Waals surface area contributed by atoms with Crippen molar-refractivity contribution in [2.24, 2.45) is 5.10 Å². The number of carbonyl (C=O) groups is 4. The van der Waals surface area contributed by atoms with Crippen LogP contribution in [-0.4, -0.2) is 83.1 Å². The Morgan fingerprint density at radius 2 is 1.31 bits per heavy atom. The van der Waals surface area contributed by atoms with E-state index in [4.69, 9.17) is 28.4 Å². The summed E-state index contributed by atoms with van der Waals surface area (Å²) in [7, 11) is 0. The lowest BCUT2D eigenvalue weighted by atomic mass is 10.1. The zero-order chi connectivity index (χ0) is 45.7. The molecule has 0 atom stereocenters.